The number of nitrogens with zero attached hydrogens (tertiary/aromatic N) is 1. The minimum atomic E-state index is -0.703. The van der Waals surface area contributed by atoms with Gasteiger partial charge < -0.3 is 4.74 Å². The molecule has 1 aromatic rings. The Kier molecular flexibility index (Phi) is 3.86. The molecule has 0 atom stereocenters. The van der Waals surface area contributed by atoms with Crippen molar-refractivity contribution in [2.45, 2.75) is 0 Å². The normalized spacial score (nSPS) is 9.80. The fourth-order valence-corrected chi connectivity index (χ4v) is 2.21. The summed E-state index contributed by atoms with van der Waals surface area (Å²) in [6, 6.07) is 2.43. The number of benzene rings is 1. The van der Waals surface area contributed by atoms with Gasteiger partial charge in [0, 0.05) is 9.64 Å². The van der Waals surface area contributed by atoms with E-state index in [4.69, 9.17) is 16.3 Å². The number of carbonyl (C=O) groups is 1. The number of carbonyl (C=O) groups excluding carboxylic acids is 1. The molecule has 0 bridgehead atoms. The molecule has 0 fully saturated rings. The second-order valence-corrected chi connectivity index (χ2v) is 4.04. The van der Waals surface area contributed by atoms with Gasteiger partial charge in [0.25, 0.3) is 10.9 Å². The molecule has 0 saturated heterocycles. The summed E-state index contributed by atoms with van der Waals surface area (Å²) >= 11 is 7.12. The molecule has 0 amide bonds. The number of nitro groups is 1. The third-order valence-electron chi connectivity index (χ3n) is 1.67. The van der Waals surface area contributed by atoms with Crippen LogP contribution in [-0.4, -0.2) is 17.3 Å². The van der Waals surface area contributed by atoms with Gasteiger partial charge in [0.2, 0.25) is 0 Å². The molecular formula is C8H5ClINO4. The Morgan fingerprint density at radius 2 is 2.20 bits per heavy atom. The summed E-state index contributed by atoms with van der Waals surface area (Å²) in [6.45, 7) is 0. The van der Waals surface area contributed by atoms with Crippen LogP contribution < -0.4 is 4.74 Å². The highest BCUT2D eigenvalue weighted by molar-refractivity contribution is 14.1. The van der Waals surface area contributed by atoms with Crippen LogP contribution in [0.5, 0.6) is 5.75 Å². The first-order valence-electron chi connectivity index (χ1n) is 3.69. The van der Waals surface area contributed by atoms with Gasteiger partial charge in [-0.25, -0.2) is 0 Å². The Labute approximate surface area is 104 Å². The number of non-ortho nitro benzene ring substituents is 1. The quantitative estimate of drug-likeness (QED) is 0.367. The van der Waals surface area contributed by atoms with E-state index in [1.165, 1.54) is 13.2 Å². The maximum atomic E-state index is 11.0. The summed E-state index contributed by atoms with van der Waals surface area (Å²) in [7, 11) is 1.32. The third-order valence-corrected chi connectivity index (χ3v) is 2.71. The zero-order valence-corrected chi connectivity index (χ0v) is 10.4. The predicted octanol–water partition coefficient (Wildman–Crippen LogP) is 2.59. The van der Waals surface area contributed by atoms with Crippen molar-refractivity contribution in [1.82, 2.24) is 0 Å². The number of halogens is 2. The summed E-state index contributed by atoms with van der Waals surface area (Å²) in [6.07, 6.45) is 0. The molecule has 0 aliphatic rings. The lowest BCUT2D eigenvalue weighted by atomic mass is 10.2. The van der Waals surface area contributed by atoms with Crippen molar-refractivity contribution in [2.75, 3.05) is 7.11 Å². The predicted molar refractivity (Wildman–Crippen MR) is 62.5 cm³/mol. The molecule has 0 saturated carbocycles. The largest absolute Gasteiger partial charge is 0.496 e. The first-order valence-corrected chi connectivity index (χ1v) is 5.14. The van der Waals surface area contributed by atoms with Crippen molar-refractivity contribution in [3.63, 3.8) is 0 Å². The van der Waals surface area contributed by atoms with Crippen LogP contribution in [0.25, 0.3) is 0 Å². The second-order valence-electron chi connectivity index (χ2n) is 2.54. The van der Waals surface area contributed by atoms with Crippen LogP contribution in [0.3, 0.4) is 0 Å². The summed E-state index contributed by atoms with van der Waals surface area (Å²) in [5.41, 5.74) is 0.00304. The second kappa shape index (κ2) is 4.75. The summed E-state index contributed by atoms with van der Waals surface area (Å²) in [5, 5.41) is 9.83. The fourth-order valence-electron chi connectivity index (χ4n) is 1.02. The lowest BCUT2D eigenvalue weighted by Gasteiger charge is -2.06. The Bertz CT molecular complexity index is 435. The molecule has 7 heteroatoms. The number of rotatable bonds is 3. The minimum Gasteiger partial charge on any atom is -0.496 e. The molecular weight excluding hydrogens is 336 g/mol. The number of hydrogen-bond donors (Lipinski definition) is 0. The van der Waals surface area contributed by atoms with E-state index in [1.807, 2.05) is 0 Å². The zero-order chi connectivity index (χ0) is 11.6. The van der Waals surface area contributed by atoms with Crippen LogP contribution in [-0.2, 0) is 0 Å². The van der Waals surface area contributed by atoms with Crippen LogP contribution in [0.1, 0.15) is 10.4 Å². The minimum absolute atomic E-state index is 0.105. The van der Waals surface area contributed by atoms with E-state index < -0.39 is 10.2 Å². The van der Waals surface area contributed by atoms with Crippen molar-refractivity contribution >= 4 is 45.1 Å². The molecule has 0 aliphatic heterocycles. The average molecular weight is 341 g/mol. The standard InChI is InChI=1S/C8H5ClINO4/c1-15-6-3-4(11(13)14)2-5(10)7(6)8(9)12/h2-3H,1H3. The Morgan fingerprint density at radius 3 is 2.60 bits per heavy atom. The van der Waals surface area contributed by atoms with E-state index in [0.717, 1.165) is 6.07 Å². The highest BCUT2D eigenvalue weighted by Crippen LogP contribution is 2.30. The Morgan fingerprint density at radius 1 is 1.60 bits per heavy atom. The van der Waals surface area contributed by atoms with Gasteiger partial charge in [-0.05, 0) is 34.2 Å². The molecule has 1 aromatic carbocycles. The highest BCUT2D eigenvalue weighted by Gasteiger charge is 2.19. The van der Waals surface area contributed by atoms with E-state index in [0.29, 0.717) is 3.57 Å². The molecule has 0 radical (unpaired) electrons. The molecule has 0 heterocycles. The number of methoxy groups -OCH3 is 1. The number of nitro benzene ring substituents is 1. The molecule has 1 rings (SSSR count). The van der Waals surface area contributed by atoms with Crippen molar-refractivity contribution < 1.29 is 14.5 Å². The summed E-state index contributed by atoms with van der Waals surface area (Å²) in [5.74, 6) is 0.105. The smallest absolute Gasteiger partial charge is 0.274 e. The van der Waals surface area contributed by atoms with E-state index in [2.05, 4.69) is 0 Å². The maximum Gasteiger partial charge on any atom is 0.274 e. The average Bonchev–Trinajstić information content (AvgIpc) is 2.15. The van der Waals surface area contributed by atoms with Crippen molar-refractivity contribution in [1.29, 1.82) is 0 Å². The molecule has 0 N–H and O–H groups in total. The monoisotopic (exact) mass is 341 g/mol. The molecule has 5 nitrogen and oxygen atoms in total. The fraction of sp³-hybridized carbons (Fsp3) is 0.125. The van der Waals surface area contributed by atoms with Crippen LogP contribution in [0.2, 0.25) is 0 Å². The van der Waals surface area contributed by atoms with Crippen LogP contribution >= 0.6 is 34.2 Å². The Balaban J connectivity index is 3.43. The maximum absolute atomic E-state index is 11.0. The van der Waals surface area contributed by atoms with Gasteiger partial charge >= 0.3 is 0 Å². The van der Waals surface area contributed by atoms with Gasteiger partial charge in [-0.2, -0.15) is 0 Å². The van der Waals surface area contributed by atoms with Crippen molar-refractivity contribution in [2.24, 2.45) is 0 Å². The van der Waals surface area contributed by atoms with Crippen molar-refractivity contribution in [3.05, 3.63) is 31.4 Å². The summed E-state index contributed by atoms with van der Waals surface area (Å²) < 4.78 is 5.25. The molecule has 15 heavy (non-hydrogen) atoms. The van der Waals surface area contributed by atoms with Gasteiger partial charge in [-0.15, -0.1) is 0 Å². The molecule has 0 unspecified atom stereocenters. The topological polar surface area (TPSA) is 69.4 Å². The Hall–Kier alpha value is -0.890. The van der Waals surface area contributed by atoms with E-state index in [-0.39, 0.29) is 17.0 Å². The van der Waals surface area contributed by atoms with Crippen LogP contribution in [0.4, 0.5) is 5.69 Å². The number of ether oxygens (including phenoxy) is 1. The first kappa shape index (κ1) is 12.2. The highest BCUT2D eigenvalue weighted by atomic mass is 127. The van der Waals surface area contributed by atoms with Gasteiger partial charge in [0.15, 0.2) is 0 Å². The third kappa shape index (κ3) is 2.57. The molecule has 0 spiro atoms. The van der Waals surface area contributed by atoms with Gasteiger partial charge in [0.1, 0.15) is 5.75 Å². The molecule has 80 valence electrons. The van der Waals surface area contributed by atoms with Gasteiger partial charge in [0.05, 0.1) is 23.7 Å². The lowest BCUT2D eigenvalue weighted by Crippen LogP contribution is -2.00. The van der Waals surface area contributed by atoms with Gasteiger partial charge in [-0.1, -0.05) is 0 Å². The van der Waals surface area contributed by atoms with E-state index >= 15 is 0 Å². The van der Waals surface area contributed by atoms with Crippen LogP contribution in [0, 0.1) is 13.7 Å². The SMILES string of the molecule is COc1cc([N+](=O)[O-])cc(I)c1C(=O)Cl. The molecule has 0 aromatic heterocycles. The van der Waals surface area contributed by atoms with Crippen molar-refractivity contribution in [3.8, 4) is 5.75 Å². The zero-order valence-electron chi connectivity index (χ0n) is 7.49. The first-order chi connectivity index (χ1) is 6.97. The van der Waals surface area contributed by atoms with E-state index in [1.54, 1.807) is 22.6 Å². The lowest BCUT2D eigenvalue weighted by molar-refractivity contribution is -0.385. The van der Waals surface area contributed by atoms with E-state index in [9.17, 15) is 14.9 Å². The van der Waals surface area contributed by atoms with Gasteiger partial charge in [-0.3, -0.25) is 14.9 Å². The number of hydrogen-bond acceptors (Lipinski definition) is 4. The summed E-state index contributed by atoms with van der Waals surface area (Å²) in [4.78, 5) is 21.0. The molecule has 0 aliphatic carbocycles. The van der Waals surface area contributed by atoms with Crippen LogP contribution in [0.15, 0.2) is 12.1 Å².